The Morgan fingerprint density at radius 3 is 2.32 bits per heavy atom. The molecule has 10 nitrogen and oxygen atoms in total. The summed E-state index contributed by atoms with van der Waals surface area (Å²) in [4.78, 5) is 2.07. The van der Waals surface area contributed by atoms with Crippen molar-refractivity contribution in [1.29, 1.82) is 0 Å². The van der Waals surface area contributed by atoms with Crippen LogP contribution >= 0.6 is 0 Å². The molecule has 0 radical (unpaired) electrons. The number of ether oxygens (including phenoxy) is 3. The molecule has 0 unspecified atom stereocenters. The van der Waals surface area contributed by atoms with E-state index >= 15 is 0 Å². The highest BCUT2D eigenvalue weighted by molar-refractivity contribution is 7.91. The molecule has 1 aliphatic rings. The van der Waals surface area contributed by atoms with E-state index in [1.54, 1.807) is 0 Å². The number of likely N-dealkylation sites (tertiary alicyclic amines) is 1. The first-order valence-electron chi connectivity index (χ1n) is 9.60. The predicted molar refractivity (Wildman–Crippen MR) is 108 cm³/mol. The van der Waals surface area contributed by atoms with E-state index in [4.69, 9.17) is 14.2 Å². The first kappa shape index (κ1) is 23.2. The van der Waals surface area contributed by atoms with Gasteiger partial charge in [-0.05, 0) is 7.05 Å². The van der Waals surface area contributed by atoms with Gasteiger partial charge < -0.3 is 19.5 Å². The van der Waals surface area contributed by atoms with Crippen molar-refractivity contribution in [3.63, 3.8) is 0 Å². The van der Waals surface area contributed by atoms with Crippen molar-refractivity contribution in [3.8, 4) is 0 Å². The summed E-state index contributed by atoms with van der Waals surface area (Å²) >= 11 is 0. The fourth-order valence-electron chi connectivity index (χ4n) is 2.76. The molecule has 0 spiro atoms. The highest BCUT2D eigenvalue weighted by Crippen LogP contribution is 2.16. The zero-order valence-electron chi connectivity index (χ0n) is 17.1. The van der Waals surface area contributed by atoms with Gasteiger partial charge in [-0.15, -0.1) is 5.10 Å². The molecule has 2 heterocycles. The third kappa shape index (κ3) is 7.76. The van der Waals surface area contributed by atoms with Crippen LogP contribution in [-0.4, -0.2) is 114 Å². The molecule has 0 atom stereocenters. The minimum absolute atomic E-state index is 0.251. The van der Waals surface area contributed by atoms with Gasteiger partial charge in [0, 0.05) is 38.0 Å². The van der Waals surface area contributed by atoms with Crippen LogP contribution in [0, 0.1) is 0 Å². The van der Waals surface area contributed by atoms with Crippen LogP contribution < -0.4 is 10.9 Å². The first-order chi connectivity index (χ1) is 13.4. The summed E-state index contributed by atoms with van der Waals surface area (Å²) in [5.41, 5.74) is 1.87. The SMILES string of the molecule is Bc1c(CN2CC(S(C)(=O)=O)C2)nnn1CCOCCOCCOCCNC. The lowest BCUT2D eigenvalue weighted by Gasteiger charge is -2.37. The van der Waals surface area contributed by atoms with E-state index in [1.165, 1.54) is 6.26 Å². The quantitative estimate of drug-likeness (QED) is 0.237. The molecule has 1 N–H and O–H groups in total. The third-order valence-electron chi connectivity index (χ3n) is 4.67. The summed E-state index contributed by atoms with van der Waals surface area (Å²) in [5, 5.41) is 11.1. The van der Waals surface area contributed by atoms with Crippen LogP contribution in [0.5, 0.6) is 0 Å². The Kier molecular flexibility index (Phi) is 9.82. The van der Waals surface area contributed by atoms with E-state index in [9.17, 15) is 8.42 Å². The summed E-state index contributed by atoms with van der Waals surface area (Å²) in [6, 6.07) is 0. The van der Waals surface area contributed by atoms with Crippen molar-refractivity contribution in [1.82, 2.24) is 25.2 Å². The van der Waals surface area contributed by atoms with Gasteiger partial charge in [-0.1, -0.05) is 5.21 Å². The number of likely N-dealkylation sites (N-methyl/N-ethyl adjacent to an activating group) is 1. The van der Waals surface area contributed by atoms with Gasteiger partial charge >= 0.3 is 0 Å². The second-order valence-electron chi connectivity index (χ2n) is 6.93. The van der Waals surface area contributed by atoms with Crippen LogP contribution in [-0.2, 0) is 37.1 Å². The van der Waals surface area contributed by atoms with Crippen LogP contribution in [0.15, 0.2) is 0 Å². The standard InChI is InChI=1S/C16H32BN5O5S/c1-18-3-5-25-7-9-27-10-8-26-6-4-22-16(17)15(19-20-22)13-21-11-14(12-21)28(2,23)24/h14,18H,3-13,17H2,1-2H3. The van der Waals surface area contributed by atoms with Crippen molar-refractivity contribution < 1.29 is 22.6 Å². The predicted octanol–water partition coefficient (Wildman–Crippen LogP) is -2.97. The highest BCUT2D eigenvalue weighted by atomic mass is 32.2. The fraction of sp³-hybridized carbons (Fsp3) is 0.875. The lowest BCUT2D eigenvalue weighted by molar-refractivity contribution is 0.0136. The van der Waals surface area contributed by atoms with Crippen LogP contribution in [0.3, 0.4) is 0 Å². The van der Waals surface area contributed by atoms with Gasteiger partial charge in [-0.3, -0.25) is 9.58 Å². The molecule has 2 rings (SSSR count). The Hall–Kier alpha value is -1.05. The van der Waals surface area contributed by atoms with Gasteiger partial charge in [0.15, 0.2) is 17.7 Å². The Bertz CT molecular complexity index is 681. The Labute approximate surface area is 168 Å². The lowest BCUT2D eigenvalue weighted by atomic mass is 10.0. The molecule has 1 aromatic rings. The molecule has 160 valence electrons. The van der Waals surface area contributed by atoms with E-state index in [0.717, 1.165) is 17.8 Å². The average molecular weight is 417 g/mol. The Balaban J connectivity index is 1.53. The Morgan fingerprint density at radius 1 is 1.11 bits per heavy atom. The number of aromatic nitrogens is 3. The summed E-state index contributed by atoms with van der Waals surface area (Å²) in [6.45, 7) is 6.65. The van der Waals surface area contributed by atoms with Gasteiger partial charge in [0.1, 0.15) is 0 Å². The van der Waals surface area contributed by atoms with Crippen molar-refractivity contribution in [2.45, 2.75) is 18.3 Å². The monoisotopic (exact) mass is 417 g/mol. The second-order valence-corrected chi connectivity index (χ2v) is 9.26. The number of hydrogen-bond acceptors (Lipinski definition) is 9. The summed E-state index contributed by atoms with van der Waals surface area (Å²) in [6.07, 6.45) is 1.29. The van der Waals surface area contributed by atoms with Gasteiger partial charge in [-0.25, -0.2) is 8.42 Å². The first-order valence-corrected chi connectivity index (χ1v) is 11.5. The molecule has 1 fully saturated rings. The van der Waals surface area contributed by atoms with E-state index < -0.39 is 9.84 Å². The molecule has 1 aliphatic heterocycles. The van der Waals surface area contributed by atoms with Crippen molar-refractivity contribution in [2.75, 3.05) is 72.6 Å². The molecule has 28 heavy (non-hydrogen) atoms. The molecule has 1 saturated heterocycles. The molecular weight excluding hydrogens is 385 g/mol. The minimum atomic E-state index is -2.94. The summed E-state index contributed by atoms with van der Waals surface area (Å²) in [7, 11) is 0.918. The number of hydrogen-bond donors (Lipinski definition) is 1. The molecule has 12 heteroatoms. The van der Waals surface area contributed by atoms with Crippen molar-refractivity contribution in [3.05, 3.63) is 5.69 Å². The van der Waals surface area contributed by atoms with E-state index in [2.05, 4.69) is 20.5 Å². The molecule has 0 bridgehead atoms. The number of rotatable bonds is 15. The largest absolute Gasteiger partial charge is 0.378 e. The van der Waals surface area contributed by atoms with E-state index in [0.29, 0.717) is 65.8 Å². The maximum absolute atomic E-state index is 11.5. The second kappa shape index (κ2) is 11.8. The maximum atomic E-state index is 11.5. The Morgan fingerprint density at radius 2 is 1.71 bits per heavy atom. The minimum Gasteiger partial charge on any atom is -0.378 e. The molecule has 0 amide bonds. The van der Waals surface area contributed by atoms with Gasteiger partial charge in [0.05, 0.1) is 57.1 Å². The molecular formula is C16H32BN5O5S. The fourth-order valence-corrected chi connectivity index (χ4v) is 3.72. The van der Waals surface area contributed by atoms with Gasteiger partial charge in [-0.2, -0.15) is 0 Å². The smallest absolute Gasteiger partial charge is 0.166 e. The van der Waals surface area contributed by atoms with E-state index in [1.807, 2.05) is 19.6 Å². The van der Waals surface area contributed by atoms with Gasteiger partial charge in [0.2, 0.25) is 0 Å². The zero-order valence-corrected chi connectivity index (χ0v) is 17.9. The van der Waals surface area contributed by atoms with Crippen LogP contribution in [0.4, 0.5) is 0 Å². The highest BCUT2D eigenvalue weighted by Gasteiger charge is 2.34. The molecule has 0 saturated carbocycles. The number of nitrogens with one attached hydrogen (secondary N) is 1. The van der Waals surface area contributed by atoms with Crippen LogP contribution in [0.1, 0.15) is 5.69 Å². The normalized spacial score (nSPS) is 15.8. The number of nitrogens with zero attached hydrogens (tertiary/aromatic N) is 4. The summed E-state index contributed by atoms with van der Waals surface area (Å²) < 4.78 is 41.1. The van der Waals surface area contributed by atoms with Crippen molar-refractivity contribution >= 4 is 23.3 Å². The molecule has 0 aliphatic carbocycles. The number of sulfone groups is 1. The molecule has 0 aromatic carbocycles. The average Bonchev–Trinajstić information content (AvgIpc) is 2.94. The lowest BCUT2D eigenvalue weighted by Crippen LogP contribution is -2.54. The van der Waals surface area contributed by atoms with Crippen molar-refractivity contribution in [2.24, 2.45) is 0 Å². The summed E-state index contributed by atoms with van der Waals surface area (Å²) in [5.74, 6) is 0. The third-order valence-corrected chi connectivity index (χ3v) is 6.18. The maximum Gasteiger partial charge on any atom is 0.166 e. The van der Waals surface area contributed by atoms with E-state index in [-0.39, 0.29) is 5.25 Å². The topological polar surface area (TPSA) is 108 Å². The molecule has 1 aromatic heterocycles. The van der Waals surface area contributed by atoms with Crippen LogP contribution in [0.2, 0.25) is 0 Å². The zero-order chi connectivity index (χ0) is 20.4. The van der Waals surface area contributed by atoms with Gasteiger partial charge in [0.25, 0.3) is 0 Å². The van der Waals surface area contributed by atoms with Crippen LogP contribution in [0.25, 0.3) is 0 Å².